The van der Waals surface area contributed by atoms with Crippen molar-refractivity contribution in [1.29, 1.82) is 0 Å². The van der Waals surface area contributed by atoms with Crippen LogP contribution in [-0.2, 0) is 4.79 Å². The number of carbonyl (C=O) groups is 1. The van der Waals surface area contributed by atoms with E-state index in [1.165, 1.54) is 12.6 Å². The Morgan fingerprint density at radius 2 is 2.08 bits per heavy atom. The highest BCUT2D eigenvalue weighted by Crippen LogP contribution is 2.35. The largest absolute Gasteiger partial charge is 0.622 e. The lowest BCUT2D eigenvalue weighted by atomic mass is 9.89. The van der Waals surface area contributed by atoms with Gasteiger partial charge < -0.3 is 5.21 Å². The Morgan fingerprint density at radius 1 is 1.46 bits per heavy atom. The van der Waals surface area contributed by atoms with Crippen LogP contribution in [0.15, 0.2) is 0 Å². The summed E-state index contributed by atoms with van der Waals surface area (Å²) in [4.78, 5) is 12.9. The summed E-state index contributed by atoms with van der Waals surface area (Å²) in [5.41, 5.74) is -0.532. The van der Waals surface area contributed by atoms with E-state index in [0.29, 0.717) is 0 Å². The molecule has 1 heterocycles. The fourth-order valence-corrected chi connectivity index (χ4v) is 2.33. The van der Waals surface area contributed by atoms with E-state index in [2.05, 4.69) is 0 Å². The lowest BCUT2D eigenvalue weighted by Crippen LogP contribution is -2.51. The molecule has 72 valence electrons. The minimum Gasteiger partial charge on any atom is -0.622 e. The van der Waals surface area contributed by atoms with Crippen LogP contribution < -0.4 is 0 Å². The fourth-order valence-electron chi connectivity index (χ4n) is 2.33. The van der Waals surface area contributed by atoms with Crippen LogP contribution in [0.1, 0.15) is 32.1 Å². The molecule has 0 aromatic carbocycles. The summed E-state index contributed by atoms with van der Waals surface area (Å²) >= 11 is 0. The standard InChI is InChI=1S/C9H14N2O2/c1-10-8(12)7-11(13)9(10)5-3-2-4-6-9/h7H,2-6H2,1H3. The number of carbonyl (C=O) groups excluding carboxylic acids is 1. The van der Waals surface area contributed by atoms with E-state index in [4.69, 9.17) is 0 Å². The molecule has 4 nitrogen and oxygen atoms in total. The van der Waals surface area contributed by atoms with Gasteiger partial charge >= 0.3 is 5.91 Å². The van der Waals surface area contributed by atoms with Crippen LogP contribution in [-0.4, -0.2) is 34.5 Å². The molecule has 0 radical (unpaired) electrons. The first-order chi connectivity index (χ1) is 6.17. The fraction of sp³-hybridized carbons (Fsp3) is 0.778. The summed E-state index contributed by atoms with van der Waals surface area (Å²) in [5.74, 6) is -0.156. The van der Waals surface area contributed by atoms with Gasteiger partial charge in [-0.15, -0.1) is 0 Å². The summed E-state index contributed by atoms with van der Waals surface area (Å²) < 4.78 is 0.856. The number of hydrogen-bond acceptors (Lipinski definition) is 2. The van der Waals surface area contributed by atoms with Crippen LogP contribution in [0.5, 0.6) is 0 Å². The number of amides is 1. The predicted octanol–water partition coefficient (Wildman–Crippen LogP) is 0.700. The number of hydrogen-bond donors (Lipinski definition) is 0. The Labute approximate surface area is 77.4 Å². The molecule has 1 saturated carbocycles. The molecule has 0 aromatic heterocycles. The molecule has 0 unspecified atom stereocenters. The van der Waals surface area contributed by atoms with Crippen LogP contribution in [0.2, 0.25) is 0 Å². The molecule has 0 bridgehead atoms. The summed E-state index contributed by atoms with van der Waals surface area (Å²) in [7, 11) is 1.72. The van der Waals surface area contributed by atoms with Gasteiger partial charge in [-0.3, -0.25) is 9.69 Å². The van der Waals surface area contributed by atoms with Crippen molar-refractivity contribution >= 4 is 12.1 Å². The van der Waals surface area contributed by atoms with Crippen molar-refractivity contribution in [2.24, 2.45) is 0 Å². The summed E-state index contributed by atoms with van der Waals surface area (Å²) in [6.45, 7) is 0. The van der Waals surface area contributed by atoms with Crippen molar-refractivity contribution in [1.82, 2.24) is 4.90 Å². The molecule has 2 aliphatic rings. The monoisotopic (exact) mass is 182 g/mol. The van der Waals surface area contributed by atoms with Crippen molar-refractivity contribution in [2.45, 2.75) is 37.8 Å². The van der Waals surface area contributed by atoms with Crippen molar-refractivity contribution in [3.63, 3.8) is 0 Å². The Morgan fingerprint density at radius 3 is 2.54 bits per heavy atom. The lowest BCUT2D eigenvalue weighted by molar-refractivity contribution is -0.568. The van der Waals surface area contributed by atoms with Crippen LogP contribution in [0.4, 0.5) is 0 Å². The summed E-state index contributed by atoms with van der Waals surface area (Å²) in [5, 5.41) is 11.6. The van der Waals surface area contributed by atoms with Crippen LogP contribution in [0, 0.1) is 5.21 Å². The number of rotatable bonds is 0. The third kappa shape index (κ3) is 1.04. The van der Waals surface area contributed by atoms with E-state index in [1.54, 1.807) is 11.9 Å². The zero-order chi connectivity index (χ0) is 9.47. The first kappa shape index (κ1) is 8.53. The van der Waals surface area contributed by atoms with E-state index in [1.807, 2.05) is 0 Å². The zero-order valence-electron chi connectivity index (χ0n) is 7.82. The molecule has 1 fully saturated rings. The van der Waals surface area contributed by atoms with Gasteiger partial charge in [0.1, 0.15) is 0 Å². The second kappa shape index (κ2) is 2.72. The average molecular weight is 182 g/mol. The summed E-state index contributed by atoms with van der Waals surface area (Å²) in [6, 6.07) is 0. The highest BCUT2D eigenvalue weighted by atomic mass is 16.5. The average Bonchev–Trinajstić information content (AvgIpc) is 2.34. The Bertz CT molecular complexity index is 267. The van der Waals surface area contributed by atoms with Crippen molar-refractivity contribution in [3.8, 4) is 0 Å². The molecular weight excluding hydrogens is 168 g/mol. The van der Waals surface area contributed by atoms with E-state index < -0.39 is 5.66 Å². The first-order valence-corrected chi connectivity index (χ1v) is 4.76. The normalized spacial score (nSPS) is 26.7. The maximum atomic E-state index is 11.6. The molecule has 1 aliphatic heterocycles. The van der Waals surface area contributed by atoms with Gasteiger partial charge in [-0.25, -0.2) is 0 Å². The molecule has 0 N–H and O–H groups in total. The maximum absolute atomic E-state index is 11.6. The second-order valence-corrected chi connectivity index (χ2v) is 3.90. The molecule has 2 rings (SSSR count). The maximum Gasteiger partial charge on any atom is 0.316 e. The number of hydroxylamine groups is 1. The third-order valence-corrected chi connectivity index (χ3v) is 3.25. The molecular formula is C9H14N2O2. The summed E-state index contributed by atoms with van der Waals surface area (Å²) in [6.07, 6.45) is 6.07. The van der Waals surface area contributed by atoms with E-state index in [0.717, 1.165) is 30.4 Å². The highest BCUT2D eigenvalue weighted by molar-refractivity contribution is 6.25. The third-order valence-electron chi connectivity index (χ3n) is 3.25. The Balaban J connectivity index is 2.30. The van der Waals surface area contributed by atoms with Crippen LogP contribution >= 0.6 is 0 Å². The van der Waals surface area contributed by atoms with E-state index in [9.17, 15) is 10.0 Å². The van der Waals surface area contributed by atoms with Gasteiger partial charge in [-0.2, -0.15) is 4.74 Å². The van der Waals surface area contributed by atoms with Gasteiger partial charge in [0.2, 0.25) is 6.21 Å². The zero-order valence-corrected chi connectivity index (χ0v) is 7.82. The topological polar surface area (TPSA) is 46.4 Å². The van der Waals surface area contributed by atoms with Gasteiger partial charge in [-0.1, -0.05) is 6.42 Å². The molecule has 0 aromatic rings. The molecule has 1 aliphatic carbocycles. The highest BCUT2D eigenvalue weighted by Gasteiger charge is 2.50. The van der Waals surface area contributed by atoms with Crippen molar-refractivity contribution in [2.75, 3.05) is 7.05 Å². The van der Waals surface area contributed by atoms with E-state index >= 15 is 0 Å². The van der Waals surface area contributed by atoms with Crippen LogP contribution in [0.3, 0.4) is 0 Å². The SMILES string of the molecule is CN1C(=O)C=[N+]([O-])C12CCCCC2. The minimum absolute atomic E-state index is 0.156. The Kier molecular flexibility index (Phi) is 1.78. The molecule has 1 amide bonds. The minimum atomic E-state index is -0.532. The number of nitrogens with zero attached hydrogens (tertiary/aromatic N) is 2. The lowest BCUT2D eigenvalue weighted by Gasteiger charge is -2.36. The van der Waals surface area contributed by atoms with Gasteiger partial charge in [0.25, 0.3) is 5.66 Å². The van der Waals surface area contributed by atoms with Gasteiger partial charge in [0, 0.05) is 19.9 Å². The van der Waals surface area contributed by atoms with Gasteiger partial charge in [0.05, 0.1) is 0 Å². The first-order valence-electron chi connectivity index (χ1n) is 4.76. The second-order valence-electron chi connectivity index (χ2n) is 3.90. The predicted molar refractivity (Wildman–Crippen MR) is 48.3 cm³/mol. The molecule has 0 saturated heterocycles. The quantitative estimate of drug-likeness (QED) is 0.409. The molecule has 4 heteroatoms. The van der Waals surface area contributed by atoms with E-state index in [-0.39, 0.29) is 5.91 Å². The Hall–Kier alpha value is -1.06. The van der Waals surface area contributed by atoms with Gasteiger partial charge in [0.15, 0.2) is 0 Å². The molecule has 13 heavy (non-hydrogen) atoms. The van der Waals surface area contributed by atoms with Crippen LogP contribution in [0.25, 0.3) is 0 Å². The molecule has 1 spiro atoms. The smallest absolute Gasteiger partial charge is 0.316 e. The van der Waals surface area contributed by atoms with Crippen molar-refractivity contribution in [3.05, 3.63) is 5.21 Å². The van der Waals surface area contributed by atoms with Crippen molar-refractivity contribution < 1.29 is 9.53 Å². The molecule has 0 atom stereocenters. The van der Waals surface area contributed by atoms with Gasteiger partial charge in [-0.05, 0) is 12.8 Å².